The Balaban J connectivity index is 1.90. The molecule has 20 heavy (non-hydrogen) atoms. The number of amides is 1. The van der Waals surface area contributed by atoms with Crippen LogP contribution in [-0.4, -0.2) is 12.5 Å². The van der Waals surface area contributed by atoms with Crippen LogP contribution in [0.2, 0.25) is 5.02 Å². The van der Waals surface area contributed by atoms with Gasteiger partial charge in [0.05, 0.1) is 6.54 Å². The first-order valence-corrected chi connectivity index (χ1v) is 6.79. The third kappa shape index (κ3) is 4.00. The first kappa shape index (κ1) is 14.4. The third-order valence-electron chi connectivity index (χ3n) is 2.97. The number of nitrogens with one attached hydrogen (secondary N) is 2. The van der Waals surface area contributed by atoms with Crippen molar-refractivity contribution in [3.05, 3.63) is 58.6 Å². The van der Waals surface area contributed by atoms with Gasteiger partial charge in [0.2, 0.25) is 5.91 Å². The quantitative estimate of drug-likeness (QED) is 0.892. The molecule has 104 valence electrons. The minimum Gasteiger partial charge on any atom is -0.376 e. The van der Waals surface area contributed by atoms with Crippen molar-refractivity contribution in [2.24, 2.45) is 0 Å². The maximum atomic E-state index is 11.9. The second-order valence-electron chi connectivity index (χ2n) is 4.73. The molecule has 3 nitrogen and oxygen atoms in total. The van der Waals surface area contributed by atoms with Gasteiger partial charge in [-0.15, -0.1) is 0 Å². The Bertz CT molecular complexity index is 608. The van der Waals surface area contributed by atoms with Crippen molar-refractivity contribution in [1.29, 1.82) is 0 Å². The second-order valence-corrected chi connectivity index (χ2v) is 5.16. The summed E-state index contributed by atoms with van der Waals surface area (Å²) >= 11 is 5.88. The number of anilines is 2. The maximum Gasteiger partial charge on any atom is 0.243 e. The minimum atomic E-state index is -0.0870. The van der Waals surface area contributed by atoms with Crippen LogP contribution >= 0.6 is 11.6 Å². The number of halogens is 1. The van der Waals surface area contributed by atoms with Crippen LogP contribution in [0.25, 0.3) is 0 Å². The topological polar surface area (TPSA) is 41.1 Å². The lowest BCUT2D eigenvalue weighted by Crippen LogP contribution is -2.22. The molecule has 2 rings (SSSR count). The summed E-state index contributed by atoms with van der Waals surface area (Å²) < 4.78 is 0. The predicted octanol–water partition coefficient (Wildman–Crippen LogP) is 4.01. The first-order chi connectivity index (χ1) is 9.54. The smallest absolute Gasteiger partial charge is 0.243 e. The molecule has 0 aliphatic carbocycles. The lowest BCUT2D eigenvalue weighted by atomic mass is 10.2. The van der Waals surface area contributed by atoms with Crippen LogP contribution in [0.15, 0.2) is 42.5 Å². The Kier molecular flexibility index (Phi) is 4.64. The maximum absolute atomic E-state index is 11.9. The summed E-state index contributed by atoms with van der Waals surface area (Å²) in [5, 5.41) is 6.61. The molecule has 4 heteroatoms. The van der Waals surface area contributed by atoms with Gasteiger partial charge < -0.3 is 10.6 Å². The molecule has 0 aliphatic heterocycles. The highest BCUT2D eigenvalue weighted by Crippen LogP contribution is 2.19. The third-order valence-corrected chi connectivity index (χ3v) is 3.20. The average Bonchev–Trinajstić information content (AvgIpc) is 2.41. The van der Waals surface area contributed by atoms with Crippen molar-refractivity contribution in [1.82, 2.24) is 0 Å². The van der Waals surface area contributed by atoms with E-state index in [1.807, 2.05) is 44.2 Å². The zero-order chi connectivity index (χ0) is 14.5. The summed E-state index contributed by atoms with van der Waals surface area (Å²) in [7, 11) is 0. The van der Waals surface area contributed by atoms with E-state index in [9.17, 15) is 4.79 Å². The highest BCUT2D eigenvalue weighted by Gasteiger charge is 2.05. The molecule has 1 amide bonds. The van der Waals surface area contributed by atoms with Gasteiger partial charge in [-0.05, 0) is 49.7 Å². The molecule has 0 spiro atoms. The first-order valence-electron chi connectivity index (χ1n) is 6.41. The second kappa shape index (κ2) is 6.44. The van der Waals surface area contributed by atoms with Crippen LogP contribution in [-0.2, 0) is 4.79 Å². The van der Waals surface area contributed by atoms with E-state index in [1.54, 1.807) is 12.1 Å². The number of hydrogen-bond donors (Lipinski definition) is 2. The van der Waals surface area contributed by atoms with E-state index in [0.717, 1.165) is 16.9 Å². The standard InChI is InChI=1S/C16H17ClN2O/c1-11-3-6-14(7-4-11)18-10-16(20)19-15-8-5-13(17)9-12(15)2/h3-9,18H,10H2,1-2H3,(H,19,20). The SMILES string of the molecule is Cc1ccc(NCC(=O)Nc2ccc(Cl)cc2C)cc1. The van der Waals surface area contributed by atoms with Gasteiger partial charge in [-0.3, -0.25) is 4.79 Å². The average molecular weight is 289 g/mol. The molecule has 0 unspecified atom stereocenters. The van der Waals surface area contributed by atoms with E-state index >= 15 is 0 Å². The van der Waals surface area contributed by atoms with Crippen LogP contribution in [0.5, 0.6) is 0 Å². The van der Waals surface area contributed by atoms with Gasteiger partial charge in [0.15, 0.2) is 0 Å². The highest BCUT2D eigenvalue weighted by molar-refractivity contribution is 6.30. The fraction of sp³-hybridized carbons (Fsp3) is 0.188. The molecule has 0 aliphatic rings. The van der Waals surface area contributed by atoms with Crippen LogP contribution in [0.4, 0.5) is 11.4 Å². The molecular weight excluding hydrogens is 272 g/mol. The summed E-state index contributed by atoms with van der Waals surface area (Å²) in [6.45, 7) is 4.17. The Hall–Kier alpha value is -2.00. The Labute approximate surface area is 124 Å². The summed E-state index contributed by atoms with van der Waals surface area (Å²) in [6.07, 6.45) is 0. The molecule has 2 aromatic carbocycles. The molecule has 0 atom stereocenters. The zero-order valence-corrected chi connectivity index (χ0v) is 12.3. The summed E-state index contributed by atoms with van der Waals surface area (Å²) in [4.78, 5) is 11.9. The molecule has 2 N–H and O–H groups in total. The van der Waals surface area contributed by atoms with Crippen LogP contribution in [0.3, 0.4) is 0 Å². The number of carbonyl (C=O) groups is 1. The number of aryl methyl sites for hydroxylation is 2. The van der Waals surface area contributed by atoms with E-state index in [1.165, 1.54) is 5.56 Å². The molecule has 0 radical (unpaired) electrons. The van der Waals surface area contributed by atoms with Crippen molar-refractivity contribution in [3.8, 4) is 0 Å². The van der Waals surface area contributed by atoms with Gasteiger partial charge in [0.1, 0.15) is 0 Å². The Morgan fingerprint density at radius 2 is 1.80 bits per heavy atom. The van der Waals surface area contributed by atoms with Crippen molar-refractivity contribution in [2.45, 2.75) is 13.8 Å². The fourth-order valence-corrected chi connectivity index (χ4v) is 2.04. The van der Waals surface area contributed by atoms with E-state index in [-0.39, 0.29) is 12.5 Å². The summed E-state index contributed by atoms with van der Waals surface area (Å²) in [5.74, 6) is -0.0870. The van der Waals surface area contributed by atoms with Gasteiger partial charge >= 0.3 is 0 Å². The molecule has 0 saturated carbocycles. The van der Waals surface area contributed by atoms with Crippen molar-refractivity contribution in [3.63, 3.8) is 0 Å². The zero-order valence-electron chi connectivity index (χ0n) is 11.5. The van der Waals surface area contributed by atoms with Crippen LogP contribution < -0.4 is 10.6 Å². The number of hydrogen-bond acceptors (Lipinski definition) is 2. The number of benzene rings is 2. The van der Waals surface area contributed by atoms with E-state index in [0.29, 0.717) is 5.02 Å². The van der Waals surface area contributed by atoms with Gasteiger partial charge in [0.25, 0.3) is 0 Å². The minimum absolute atomic E-state index is 0.0870. The monoisotopic (exact) mass is 288 g/mol. The largest absolute Gasteiger partial charge is 0.376 e. The molecule has 0 saturated heterocycles. The van der Waals surface area contributed by atoms with Gasteiger partial charge in [0, 0.05) is 16.4 Å². The van der Waals surface area contributed by atoms with E-state index in [4.69, 9.17) is 11.6 Å². The summed E-state index contributed by atoms with van der Waals surface area (Å²) in [6, 6.07) is 13.3. The molecule has 0 fully saturated rings. The van der Waals surface area contributed by atoms with Crippen LogP contribution in [0.1, 0.15) is 11.1 Å². The molecule has 2 aromatic rings. The predicted molar refractivity (Wildman–Crippen MR) is 84.5 cm³/mol. The summed E-state index contributed by atoms with van der Waals surface area (Å²) in [5.41, 5.74) is 3.85. The lowest BCUT2D eigenvalue weighted by Gasteiger charge is -2.10. The van der Waals surface area contributed by atoms with E-state index < -0.39 is 0 Å². The molecular formula is C16H17ClN2O. The molecule has 0 bridgehead atoms. The van der Waals surface area contributed by atoms with Gasteiger partial charge in [-0.25, -0.2) is 0 Å². The Morgan fingerprint density at radius 1 is 1.10 bits per heavy atom. The number of rotatable bonds is 4. The Morgan fingerprint density at radius 3 is 2.45 bits per heavy atom. The fourth-order valence-electron chi connectivity index (χ4n) is 1.82. The van der Waals surface area contributed by atoms with Crippen molar-refractivity contribution in [2.75, 3.05) is 17.2 Å². The van der Waals surface area contributed by atoms with Crippen LogP contribution in [0, 0.1) is 13.8 Å². The number of carbonyl (C=O) groups excluding carboxylic acids is 1. The highest BCUT2D eigenvalue weighted by atomic mass is 35.5. The normalized spacial score (nSPS) is 10.2. The van der Waals surface area contributed by atoms with Gasteiger partial charge in [-0.2, -0.15) is 0 Å². The lowest BCUT2D eigenvalue weighted by molar-refractivity contribution is -0.114. The van der Waals surface area contributed by atoms with Crippen molar-refractivity contribution >= 4 is 28.9 Å². The van der Waals surface area contributed by atoms with Gasteiger partial charge in [-0.1, -0.05) is 29.3 Å². The van der Waals surface area contributed by atoms with E-state index in [2.05, 4.69) is 10.6 Å². The van der Waals surface area contributed by atoms with Crippen molar-refractivity contribution < 1.29 is 4.79 Å². The molecule has 0 aromatic heterocycles. The molecule has 0 heterocycles.